The molecule has 0 aromatic heterocycles. The molecule has 29 heavy (non-hydrogen) atoms. The molecule has 2 aliphatic heterocycles. The fraction of sp³-hybridized carbons (Fsp3) is 0.556. The fourth-order valence-electron chi connectivity index (χ4n) is 3.42. The van der Waals surface area contributed by atoms with Gasteiger partial charge in [0.2, 0.25) is 21.8 Å². The van der Waals surface area contributed by atoms with Crippen molar-refractivity contribution in [3.05, 3.63) is 17.7 Å². The number of nitrogens with one attached hydrogen (secondary N) is 1. The van der Waals surface area contributed by atoms with E-state index in [2.05, 4.69) is 4.72 Å². The summed E-state index contributed by atoms with van der Waals surface area (Å²) >= 11 is 0. The van der Waals surface area contributed by atoms with Crippen molar-refractivity contribution in [1.82, 2.24) is 14.5 Å². The van der Waals surface area contributed by atoms with Crippen molar-refractivity contribution >= 4 is 21.8 Å². The maximum Gasteiger partial charge on any atom is 0.242 e. The van der Waals surface area contributed by atoms with Crippen LogP contribution in [0.3, 0.4) is 0 Å². The molecule has 1 atom stereocenters. The molecule has 160 valence electrons. The second kappa shape index (κ2) is 8.56. The maximum atomic E-state index is 12.8. The van der Waals surface area contributed by atoms with Gasteiger partial charge >= 0.3 is 0 Å². The van der Waals surface area contributed by atoms with E-state index in [0.29, 0.717) is 37.6 Å². The van der Waals surface area contributed by atoms with Gasteiger partial charge in [-0.25, -0.2) is 8.42 Å². The predicted octanol–water partition coefficient (Wildman–Crippen LogP) is -0.776. The van der Waals surface area contributed by atoms with E-state index >= 15 is 0 Å². The molecule has 0 saturated carbocycles. The Bertz CT molecular complexity index is 897. The van der Waals surface area contributed by atoms with Crippen molar-refractivity contribution in [3.63, 3.8) is 0 Å². The Labute approximate surface area is 169 Å². The molecule has 0 radical (unpaired) electrons. The largest absolute Gasteiger partial charge is 0.493 e. The highest BCUT2D eigenvalue weighted by atomic mass is 32.2. The van der Waals surface area contributed by atoms with Crippen molar-refractivity contribution in [2.75, 3.05) is 54.1 Å². The van der Waals surface area contributed by atoms with Gasteiger partial charge in [0.15, 0.2) is 11.5 Å². The molecule has 10 nitrogen and oxygen atoms in total. The number of carbonyl (C=O) groups is 2. The van der Waals surface area contributed by atoms with E-state index in [9.17, 15) is 18.0 Å². The number of amides is 2. The van der Waals surface area contributed by atoms with E-state index < -0.39 is 22.0 Å². The lowest BCUT2D eigenvalue weighted by Crippen LogP contribution is -2.53. The van der Waals surface area contributed by atoms with Crippen molar-refractivity contribution in [1.29, 1.82) is 0 Å². The van der Waals surface area contributed by atoms with E-state index in [-0.39, 0.29) is 29.5 Å². The third-order valence-corrected chi connectivity index (χ3v) is 6.54. The highest BCUT2D eigenvalue weighted by Crippen LogP contribution is 2.35. The number of hydrogen-bond donors (Lipinski definition) is 1. The number of nitrogens with zero attached hydrogens (tertiary/aromatic N) is 2. The zero-order chi connectivity index (χ0) is 21.2. The molecular weight excluding hydrogens is 402 g/mol. The van der Waals surface area contributed by atoms with Crippen LogP contribution in [0.2, 0.25) is 0 Å². The first kappa shape index (κ1) is 21.3. The second-order valence-electron chi connectivity index (χ2n) is 6.88. The van der Waals surface area contributed by atoms with Gasteiger partial charge in [-0.15, -0.1) is 0 Å². The smallest absolute Gasteiger partial charge is 0.242 e. The molecule has 1 N–H and O–H groups in total. The Balaban J connectivity index is 1.76. The zero-order valence-electron chi connectivity index (χ0n) is 16.6. The van der Waals surface area contributed by atoms with Crippen LogP contribution in [0.1, 0.15) is 5.56 Å². The highest BCUT2D eigenvalue weighted by molar-refractivity contribution is 7.89. The summed E-state index contributed by atoms with van der Waals surface area (Å²) in [5, 5.41) is 0. The average Bonchev–Trinajstić information content (AvgIpc) is 2.72. The second-order valence-corrected chi connectivity index (χ2v) is 8.56. The average molecular weight is 427 g/mol. The summed E-state index contributed by atoms with van der Waals surface area (Å²) in [6.45, 7) is 1.76. The lowest BCUT2D eigenvalue weighted by molar-refractivity contribution is -0.142. The van der Waals surface area contributed by atoms with Gasteiger partial charge in [-0.05, 0) is 18.1 Å². The Hall–Kier alpha value is -2.37. The van der Waals surface area contributed by atoms with Gasteiger partial charge < -0.3 is 24.0 Å². The van der Waals surface area contributed by atoms with E-state index in [1.54, 1.807) is 11.0 Å². The van der Waals surface area contributed by atoms with Crippen LogP contribution in [-0.4, -0.2) is 90.2 Å². The molecule has 1 fully saturated rings. The maximum absolute atomic E-state index is 12.8. The normalized spacial score (nSPS) is 20.5. The summed E-state index contributed by atoms with van der Waals surface area (Å²) in [6.07, 6.45) is 0.143. The lowest BCUT2D eigenvalue weighted by Gasteiger charge is -2.31. The van der Waals surface area contributed by atoms with Gasteiger partial charge in [-0.2, -0.15) is 4.72 Å². The van der Waals surface area contributed by atoms with Crippen molar-refractivity contribution in [2.24, 2.45) is 0 Å². The summed E-state index contributed by atoms with van der Waals surface area (Å²) in [5.74, 6) is -0.00901. The monoisotopic (exact) mass is 427 g/mol. The molecule has 1 unspecified atom stereocenters. The van der Waals surface area contributed by atoms with Crippen LogP contribution in [0.4, 0.5) is 0 Å². The minimum atomic E-state index is -3.92. The van der Waals surface area contributed by atoms with E-state index in [0.717, 1.165) is 0 Å². The molecule has 1 aromatic carbocycles. The Morgan fingerprint density at radius 3 is 2.45 bits per heavy atom. The summed E-state index contributed by atoms with van der Waals surface area (Å²) in [6, 6.07) is 1.93. The van der Waals surface area contributed by atoms with Crippen molar-refractivity contribution in [2.45, 2.75) is 17.4 Å². The molecule has 0 bridgehead atoms. The summed E-state index contributed by atoms with van der Waals surface area (Å²) in [4.78, 5) is 28.1. The van der Waals surface area contributed by atoms with Gasteiger partial charge in [0.05, 0.1) is 38.9 Å². The summed E-state index contributed by atoms with van der Waals surface area (Å²) in [5.41, 5.74) is 0.452. The molecule has 0 aliphatic carbocycles. The third kappa shape index (κ3) is 4.46. The summed E-state index contributed by atoms with van der Waals surface area (Å²) < 4.78 is 43.4. The molecule has 0 spiro atoms. The number of fused-ring (bicyclic) bond motifs is 1. The number of rotatable bonds is 5. The number of morpholine rings is 1. The Morgan fingerprint density at radius 2 is 1.83 bits per heavy atom. The molecule has 3 rings (SSSR count). The number of sulfonamides is 1. The van der Waals surface area contributed by atoms with Crippen molar-refractivity contribution in [3.8, 4) is 11.5 Å². The van der Waals surface area contributed by atoms with Crippen LogP contribution in [0, 0.1) is 0 Å². The molecular formula is C18H25N3O7S. The first-order valence-corrected chi connectivity index (χ1v) is 10.6. The van der Waals surface area contributed by atoms with E-state index in [4.69, 9.17) is 14.2 Å². The standard InChI is InChI=1S/C18H25N3O7S/c1-20(11-17(22)21-4-6-28-7-5-21)18(23)13-8-12-9-14(26-2)15(27-3)10-16(12)29(24,25)19-13/h9-10,13,19H,4-8,11H2,1-3H3. The van der Waals surface area contributed by atoms with Crippen molar-refractivity contribution < 1.29 is 32.2 Å². The molecule has 1 saturated heterocycles. The Morgan fingerprint density at radius 1 is 1.21 bits per heavy atom. The first-order valence-electron chi connectivity index (χ1n) is 9.14. The Kier molecular flexibility index (Phi) is 6.30. The molecule has 2 amide bonds. The SMILES string of the molecule is COc1cc2c(cc1OC)S(=O)(=O)NC(C(=O)N(C)CC(=O)N1CCOCC1)C2. The first-order chi connectivity index (χ1) is 13.8. The minimum absolute atomic E-state index is 0.0475. The molecule has 1 aromatic rings. The van der Waals surface area contributed by atoms with Gasteiger partial charge in [-0.3, -0.25) is 9.59 Å². The predicted molar refractivity (Wildman–Crippen MR) is 102 cm³/mol. The summed E-state index contributed by atoms with van der Waals surface area (Å²) in [7, 11) is 0.432. The van der Waals surface area contributed by atoms with Crippen LogP contribution in [-0.2, 0) is 30.8 Å². The highest BCUT2D eigenvalue weighted by Gasteiger charge is 2.36. The minimum Gasteiger partial charge on any atom is -0.493 e. The van der Waals surface area contributed by atoms with Crippen LogP contribution < -0.4 is 14.2 Å². The number of methoxy groups -OCH3 is 2. The molecule has 11 heteroatoms. The van der Waals surface area contributed by atoms with E-state index in [1.165, 1.54) is 32.2 Å². The van der Waals surface area contributed by atoms with Gasteiger partial charge in [0.1, 0.15) is 6.04 Å². The van der Waals surface area contributed by atoms with Crippen LogP contribution in [0.25, 0.3) is 0 Å². The number of likely N-dealkylation sites (N-methyl/N-ethyl adjacent to an activating group) is 1. The topological polar surface area (TPSA) is 114 Å². The van der Waals surface area contributed by atoms with Crippen LogP contribution in [0.15, 0.2) is 17.0 Å². The molecule has 2 aliphatic rings. The van der Waals surface area contributed by atoms with Crippen LogP contribution >= 0.6 is 0 Å². The lowest BCUT2D eigenvalue weighted by atomic mass is 10.0. The number of benzene rings is 1. The quantitative estimate of drug-likeness (QED) is 0.656. The van der Waals surface area contributed by atoms with Gasteiger partial charge in [0, 0.05) is 26.2 Å². The number of hydrogen-bond acceptors (Lipinski definition) is 7. The third-order valence-electron chi connectivity index (χ3n) is 4.99. The van der Waals surface area contributed by atoms with Gasteiger partial charge in [0.25, 0.3) is 0 Å². The van der Waals surface area contributed by atoms with Crippen LogP contribution in [0.5, 0.6) is 11.5 Å². The van der Waals surface area contributed by atoms with Gasteiger partial charge in [-0.1, -0.05) is 0 Å². The van der Waals surface area contributed by atoms with E-state index in [1.807, 2.05) is 0 Å². The molecule has 2 heterocycles. The zero-order valence-corrected chi connectivity index (χ0v) is 17.5. The number of carbonyl (C=O) groups excluding carboxylic acids is 2. The fourth-order valence-corrected chi connectivity index (χ4v) is 4.86. The number of ether oxygens (including phenoxy) is 3.